The molecule has 0 fully saturated rings. The smallest absolute Gasteiger partial charge is 0.334 e. The van der Waals surface area contributed by atoms with E-state index in [1.165, 1.54) is 0 Å². The van der Waals surface area contributed by atoms with Gasteiger partial charge in [-0.2, -0.15) is 0 Å². The third kappa shape index (κ3) is 10.2. The molecule has 0 aromatic carbocycles. The standard InChI is InChI=1S/C21H49NO4Si3/c1-11-24-28(10,25-12-2)18-16-17-22(27(7,8)9)19-20(6)21(23)26-29(13-3,14-4)15-5/h20H,11-19H2,1-10H3. The first-order valence-electron chi connectivity index (χ1n) is 11.7. The predicted molar refractivity (Wildman–Crippen MR) is 132 cm³/mol. The highest BCUT2D eigenvalue weighted by Crippen LogP contribution is 2.24. The Morgan fingerprint density at radius 3 is 1.76 bits per heavy atom. The molecule has 8 heteroatoms. The molecule has 0 bridgehead atoms. The highest BCUT2D eigenvalue weighted by molar-refractivity contribution is 6.75. The van der Waals surface area contributed by atoms with Crippen LogP contribution < -0.4 is 0 Å². The Kier molecular flexibility index (Phi) is 13.4. The van der Waals surface area contributed by atoms with Gasteiger partial charge in [-0.15, -0.1) is 0 Å². The van der Waals surface area contributed by atoms with Crippen molar-refractivity contribution in [2.24, 2.45) is 5.92 Å². The van der Waals surface area contributed by atoms with Crippen LogP contribution in [0.5, 0.6) is 0 Å². The molecule has 0 aliphatic rings. The molecule has 1 atom stereocenters. The molecule has 174 valence electrons. The SMILES string of the molecule is CCO[Si](C)(CCCN(CC(C)C(=O)O[Si](CC)(CC)CC)[Si](C)(C)C)OCC. The maximum Gasteiger partial charge on any atom is 0.334 e. The van der Waals surface area contributed by atoms with Crippen LogP contribution in [0.25, 0.3) is 0 Å². The van der Waals surface area contributed by atoms with Gasteiger partial charge < -0.3 is 17.8 Å². The fourth-order valence-electron chi connectivity index (χ4n) is 3.77. The topological polar surface area (TPSA) is 48.0 Å². The summed E-state index contributed by atoms with van der Waals surface area (Å²) in [6, 6.07) is 4.02. The summed E-state index contributed by atoms with van der Waals surface area (Å²) in [7, 11) is -5.52. The van der Waals surface area contributed by atoms with E-state index in [2.05, 4.69) is 51.5 Å². The lowest BCUT2D eigenvalue weighted by Crippen LogP contribution is -2.51. The zero-order valence-corrected chi connectivity index (χ0v) is 24.0. The summed E-state index contributed by atoms with van der Waals surface area (Å²) in [4.78, 5) is 12.9. The van der Waals surface area contributed by atoms with Gasteiger partial charge in [-0.25, -0.2) is 0 Å². The first kappa shape index (κ1) is 29.0. The van der Waals surface area contributed by atoms with E-state index >= 15 is 0 Å². The molecule has 29 heavy (non-hydrogen) atoms. The van der Waals surface area contributed by atoms with Gasteiger partial charge in [0.1, 0.15) is 8.24 Å². The summed E-state index contributed by atoms with van der Waals surface area (Å²) < 4.78 is 20.7. The molecule has 1 unspecified atom stereocenters. The van der Waals surface area contributed by atoms with E-state index in [4.69, 9.17) is 13.3 Å². The zero-order chi connectivity index (χ0) is 22.7. The molecule has 0 heterocycles. The summed E-state index contributed by atoms with van der Waals surface area (Å²) in [5.74, 6) is -0.0750. The Labute approximate surface area is 184 Å². The molecule has 0 radical (unpaired) electrons. The van der Waals surface area contributed by atoms with E-state index in [1.807, 2.05) is 20.8 Å². The minimum atomic E-state index is -2.08. The molecular formula is C21H49NO4Si3. The molecule has 0 N–H and O–H groups in total. The van der Waals surface area contributed by atoms with Gasteiger partial charge in [0.25, 0.3) is 14.3 Å². The second kappa shape index (κ2) is 13.4. The molecular weight excluding hydrogens is 414 g/mol. The second-order valence-corrected chi connectivity index (χ2v) is 22.3. The number of carbonyl (C=O) groups excluding carboxylic acids is 1. The molecule has 0 saturated carbocycles. The molecule has 0 amide bonds. The van der Waals surface area contributed by atoms with Crippen LogP contribution >= 0.6 is 0 Å². The van der Waals surface area contributed by atoms with Crippen molar-refractivity contribution in [3.05, 3.63) is 0 Å². The van der Waals surface area contributed by atoms with Crippen LogP contribution in [-0.2, 0) is 18.1 Å². The van der Waals surface area contributed by atoms with Crippen molar-refractivity contribution < 1.29 is 18.1 Å². The number of nitrogens with zero attached hydrogens (tertiary/aromatic N) is 1. The first-order chi connectivity index (χ1) is 13.4. The minimum Gasteiger partial charge on any atom is -0.519 e. The van der Waals surface area contributed by atoms with Crippen molar-refractivity contribution in [2.75, 3.05) is 26.3 Å². The molecule has 0 aliphatic carbocycles. The quantitative estimate of drug-likeness (QED) is 0.269. The van der Waals surface area contributed by atoms with E-state index in [-0.39, 0.29) is 11.9 Å². The van der Waals surface area contributed by atoms with E-state index in [0.717, 1.165) is 43.7 Å². The van der Waals surface area contributed by atoms with E-state index in [9.17, 15) is 4.79 Å². The fourth-order valence-corrected chi connectivity index (χ4v) is 10.4. The summed E-state index contributed by atoms with van der Waals surface area (Å²) in [5, 5.41) is 0. The largest absolute Gasteiger partial charge is 0.519 e. The van der Waals surface area contributed by atoms with Crippen LogP contribution in [-0.4, -0.2) is 62.0 Å². The van der Waals surface area contributed by atoms with Crippen LogP contribution in [0.3, 0.4) is 0 Å². The predicted octanol–water partition coefficient (Wildman–Crippen LogP) is 5.84. The van der Waals surface area contributed by atoms with Gasteiger partial charge in [0.15, 0.2) is 0 Å². The van der Waals surface area contributed by atoms with Crippen molar-refractivity contribution in [2.45, 2.75) is 98.3 Å². The normalized spacial score (nSPS) is 14.3. The zero-order valence-electron chi connectivity index (χ0n) is 21.0. The van der Waals surface area contributed by atoms with E-state index < -0.39 is 25.1 Å². The van der Waals surface area contributed by atoms with Gasteiger partial charge in [0.05, 0.1) is 5.92 Å². The van der Waals surface area contributed by atoms with Crippen molar-refractivity contribution in [3.63, 3.8) is 0 Å². The van der Waals surface area contributed by atoms with Gasteiger partial charge >= 0.3 is 8.56 Å². The van der Waals surface area contributed by atoms with E-state index in [0.29, 0.717) is 13.2 Å². The molecule has 0 aliphatic heterocycles. The average molecular weight is 464 g/mol. The first-order valence-corrected chi connectivity index (χ1v) is 20.2. The van der Waals surface area contributed by atoms with Crippen LogP contribution in [0.4, 0.5) is 0 Å². The van der Waals surface area contributed by atoms with Gasteiger partial charge in [0.2, 0.25) is 0 Å². The highest BCUT2D eigenvalue weighted by atomic mass is 28.4. The maximum absolute atomic E-state index is 12.9. The van der Waals surface area contributed by atoms with Gasteiger partial charge in [-0.3, -0.25) is 4.79 Å². The van der Waals surface area contributed by atoms with Gasteiger partial charge in [-0.1, -0.05) is 47.3 Å². The van der Waals surface area contributed by atoms with Gasteiger partial charge in [0, 0.05) is 19.8 Å². The Morgan fingerprint density at radius 2 is 1.38 bits per heavy atom. The third-order valence-corrected chi connectivity index (χ3v) is 15.9. The fraction of sp³-hybridized carbons (Fsp3) is 0.952. The third-order valence-electron chi connectivity index (χ3n) is 6.05. The number of carbonyl (C=O) groups is 1. The monoisotopic (exact) mass is 463 g/mol. The molecule has 0 saturated heterocycles. The molecule has 0 spiro atoms. The van der Waals surface area contributed by atoms with E-state index in [1.54, 1.807) is 0 Å². The molecule has 0 aromatic heterocycles. The Morgan fingerprint density at radius 1 is 0.897 bits per heavy atom. The van der Waals surface area contributed by atoms with Crippen LogP contribution in [0.2, 0.25) is 50.4 Å². The van der Waals surface area contributed by atoms with Crippen molar-refractivity contribution in [3.8, 4) is 0 Å². The van der Waals surface area contributed by atoms with Gasteiger partial charge in [-0.05, 0) is 57.5 Å². The minimum absolute atomic E-state index is 0.00770. The molecule has 0 rings (SSSR count). The lowest BCUT2D eigenvalue weighted by atomic mass is 10.2. The molecule has 5 nitrogen and oxygen atoms in total. The second-order valence-electron chi connectivity index (χ2n) is 9.29. The highest BCUT2D eigenvalue weighted by Gasteiger charge is 2.36. The average Bonchev–Trinajstić information content (AvgIpc) is 2.64. The maximum atomic E-state index is 12.9. The summed E-state index contributed by atoms with van der Waals surface area (Å²) in [6.45, 7) is 25.1. The van der Waals surface area contributed by atoms with Crippen LogP contribution in [0.15, 0.2) is 0 Å². The Bertz CT molecular complexity index is 453. The van der Waals surface area contributed by atoms with Crippen molar-refractivity contribution >= 4 is 31.1 Å². The Hall–Kier alpha value is 0.000649. The van der Waals surface area contributed by atoms with Crippen molar-refractivity contribution in [1.29, 1.82) is 0 Å². The summed E-state index contributed by atoms with van der Waals surface area (Å²) in [6.07, 6.45) is 1.05. The summed E-state index contributed by atoms with van der Waals surface area (Å²) >= 11 is 0. The van der Waals surface area contributed by atoms with Crippen LogP contribution in [0, 0.1) is 5.92 Å². The van der Waals surface area contributed by atoms with Crippen molar-refractivity contribution in [1.82, 2.24) is 4.57 Å². The lowest BCUT2D eigenvalue weighted by molar-refractivity contribution is -0.139. The number of hydrogen-bond donors (Lipinski definition) is 0. The van der Waals surface area contributed by atoms with Crippen LogP contribution in [0.1, 0.15) is 48.0 Å². The summed E-state index contributed by atoms with van der Waals surface area (Å²) in [5.41, 5.74) is 0. The number of hydrogen-bond acceptors (Lipinski definition) is 5. The lowest BCUT2D eigenvalue weighted by Gasteiger charge is -2.37. The Balaban J connectivity index is 4.98. The number of rotatable bonds is 16. The molecule has 0 aromatic rings.